The van der Waals surface area contributed by atoms with Gasteiger partial charge in [-0.15, -0.1) is 0 Å². The van der Waals surface area contributed by atoms with Crippen molar-refractivity contribution in [1.29, 1.82) is 0 Å². The Bertz CT molecular complexity index is 974. The van der Waals surface area contributed by atoms with Crippen molar-refractivity contribution in [3.8, 4) is 11.5 Å². The monoisotopic (exact) mass is 409 g/mol. The first-order valence-corrected chi connectivity index (χ1v) is 9.86. The lowest BCUT2D eigenvalue weighted by Gasteiger charge is -2.16. The summed E-state index contributed by atoms with van der Waals surface area (Å²) in [7, 11) is 0. The third-order valence-electron chi connectivity index (χ3n) is 4.41. The molecule has 0 saturated carbocycles. The van der Waals surface area contributed by atoms with Crippen molar-refractivity contribution >= 4 is 17.5 Å². The lowest BCUT2D eigenvalue weighted by atomic mass is 10.2. The maximum Gasteiger partial charge on any atom is 0.251 e. The van der Waals surface area contributed by atoms with Gasteiger partial charge in [-0.2, -0.15) is 0 Å². The van der Waals surface area contributed by atoms with Gasteiger partial charge in [0.15, 0.2) is 0 Å². The van der Waals surface area contributed by atoms with Crippen LogP contribution < -0.4 is 14.8 Å². The van der Waals surface area contributed by atoms with Crippen LogP contribution in [0.2, 0.25) is 5.02 Å². The molecule has 1 N–H and O–H groups in total. The molecule has 0 heterocycles. The topological polar surface area (TPSA) is 47.6 Å². The largest absolute Gasteiger partial charge is 0.491 e. The van der Waals surface area contributed by atoms with Crippen LogP contribution in [0.3, 0.4) is 0 Å². The average molecular weight is 410 g/mol. The molecule has 3 aromatic rings. The fraction of sp³-hybridized carbons (Fsp3) is 0.208. The Morgan fingerprint density at radius 2 is 1.76 bits per heavy atom. The van der Waals surface area contributed by atoms with E-state index in [1.54, 1.807) is 18.2 Å². The molecule has 0 aliphatic rings. The minimum Gasteiger partial charge on any atom is -0.491 e. The van der Waals surface area contributed by atoms with Gasteiger partial charge in [0, 0.05) is 16.1 Å². The van der Waals surface area contributed by atoms with Gasteiger partial charge in [0.25, 0.3) is 5.91 Å². The molecular formula is C24H24ClNO3. The highest BCUT2D eigenvalue weighted by atomic mass is 35.5. The highest BCUT2D eigenvalue weighted by Gasteiger charge is 2.12. The summed E-state index contributed by atoms with van der Waals surface area (Å²) < 4.78 is 11.6. The van der Waals surface area contributed by atoms with E-state index in [9.17, 15) is 4.79 Å². The van der Waals surface area contributed by atoms with E-state index in [1.807, 2.05) is 68.4 Å². The molecule has 1 atom stereocenters. The normalized spacial score (nSPS) is 11.6. The fourth-order valence-corrected chi connectivity index (χ4v) is 2.98. The standard InChI is InChI=1S/C24H24ClNO3/c1-17-8-3-6-13-23(17)29-15-18(2)26-24(27)19-10-7-11-21(14-19)28-16-20-9-4-5-12-22(20)25/h3-14,18H,15-16H2,1-2H3,(H,26,27)/t18-/m1/s1. The predicted octanol–water partition coefficient (Wildman–Crippen LogP) is 5.42. The van der Waals surface area contributed by atoms with E-state index in [0.717, 1.165) is 16.9 Å². The van der Waals surface area contributed by atoms with Gasteiger partial charge < -0.3 is 14.8 Å². The van der Waals surface area contributed by atoms with Crippen LogP contribution >= 0.6 is 11.6 Å². The summed E-state index contributed by atoms with van der Waals surface area (Å²) in [6.45, 7) is 4.63. The zero-order valence-corrected chi connectivity index (χ0v) is 17.3. The van der Waals surface area contributed by atoms with E-state index in [-0.39, 0.29) is 11.9 Å². The summed E-state index contributed by atoms with van der Waals surface area (Å²) in [5.74, 6) is 1.26. The number of nitrogens with one attached hydrogen (secondary N) is 1. The van der Waals surface area contributed by atoms with Crippen molar-refractivity contribution in [2.24, 2.45) is 0 Å². The third kappa shape index (κ3) is 6.00. The number of carbonyl (C=O) groups excluding carboxylic acids is 1. The van der Waals surface area contributed by atoms with Crippen LogP contribution in [0, 0.1) is 6.92 Å². The van der Waals surface area contributed by atoms with Gasteiger partial charge in [0.2, 0.25) is 0 Å². The molecular weight excluding hydrogens is 386 g/mol. The maximum absolute atomic E-state index is 12.6. The van der Waals surface area contributed by atoms with E-state index >= 15 is 0 Å². The first-order valence-electron chi connectivity index (χ1n) is 9.48. The Balaban J connectivity index is 1.54. The zero-order chi connectivity index (χ0) is 20.6. The van der Waals surface area contributed by atoms with Crippen molar-refractivity contribution in [3.63, 3.8) is 0 Å². The molecule has 0 saturated heterocycles. The Morgan fingerprint density at radius 3 is 2.55 bits per heavy atom. The van der Waals surface area contributed by atoms with Crippen molar-refractivity contribution in [1.82, 2.24) is 5.32 Å². The van der Waals surface area contributed by atoms with Crippen LogP contribution in [0.15, 0.2) is 72.8 Å². The molecule has 0 aliphatic carbocycles. The minimum atomic E-state index is -0.172. The molecule has 0 unspecified atom stereocenters. The third-order valence-corrected chi connectivity index (χ3v) is 4.78. The molecule has 0 fully saturated rings. The Kier molecular flexibility index (Phi) is 7.14. The van der Waals surface area contributed by atoms with Gasteiger partial charge in [-0.3, -0.25) is 4.79 Å². The second-order valence-electron chi connectivity index (χ2n) is 6.86. The van der Waals surface area contributed by atoms with Gasteiger partial charge in [0.1, 0.15) is 24.7 Å². The molecule has 0 aliphatic heterocycles. The number of rotatable bonds is 8. The molecule has 0 radical (unpaired) electrons. The van der Waals surface area contributed by atoms with Crippen LogP contribution in [0.5, 0.6) is 11.5 Å². The van der Waals surface area contributed by atoms with E-state index in [0.29, 0.717) is 29.5 Å². The van der Waals surface area contributed by atoms with E-state index < -0.39 is 0 Å². The number of para-hydroxylation sites is 1. The molecule has 3 rings (SSSR count). The molecule has 29 heavy (non-hydrogen) atoms. The molecule has 3 aromatic carbocycles. The first kappa shape index (κ1) is 20.7. The van der Waals surface area contributed by atoms with Gasteiger partial charge in [0.05, 0.1) is 6.04 Å². The number of aryl methyl sites for hydroxylation is 1. The SMILES string of the molecule is Cc1ccccc1OC[C@@H](C)NC(=O)c1cccc(OCc2ccccc2Cl)c1. The van der Waals surface area contributed by atoms with Crippen LogP contribution in [-0.4, -0.2) is 18.6 Å². The van der Waals surface area contributed by atoms with Crippen molar-refractivity contribution < 1.29 is 14.3 Å². The Morgan fingerprint density at radius 1 is 1.00 bits per heavy atom. The summed E-state index contributed by atoms with van der Waals surface area (Å²) in [6, 6.07) is 22.3. The number of hydrogen-bond acceptors (Lipinski definition) is 3. The number of carbonyl (C=O) groups is 1. The van der Waals surface area contributed by atoms with E-state index in [1.165, 1.54) is 0 Å². The summed E-state index contributed by atoms with van der Waals surface area (Å²) in [5.41, 5.74) is 2.49. The van der Waals surface area contributed by atoms with E-state index in [4.69, 9.17) is 21.1 Å². The first-order chi connectivity index (χ1) is 14.0. The number of amides is 1. The number of hydrogen-bond donors (Lipinski definition) is 1. The number of ether oxygens (including phenoxy) is 2. The molecule has 1 amide bonds. The number of benzene rings is 3. The van der Waals surface area contributed by atoms with Crippen LogP contribution in [0.25, 0.3) is 0 Å². The quantitative estimate of drug-likeness (QED) is 0.540. The highest BCUT2D eigenvalue weighted by molar-refractivity contribution is 6.31. The van der Waals surface area contributed by atoms with Gasteiger partial charge in [-0.25, -0.2) is 0 Å². The molecule has 0 bridgehead atoms. The second kappa shape index (κ2) is 9.99. The predicted molar refractivity (Wildman–Crippen MR) is 116 cm³/mol. The van der Waals surface area contributed by atoms with Crippen molar-refractivity contribution in [2.45, 2.75) is 26.5 Å². The van der Waals surface area contributed by atoms with Crippen molar-refractivity contribution in [3.05, 3.63) is 94.5 Å². The Hall–Kier alpha value is -2.98. The molecule has 5 heteroatoms. The lowest BCUT2D eigenvalue weighted by Crippen LogP contribution is -2.36. The van der Waals surface area contributed by atoms with E-state index in [2.05, 4.69) is 5.32 Å². The summed E-state index contributed by atoms with van der Waals surface area (Å²) in [6.07, 6.45) is 0. The van der Waals surface area contributed by atoms with Crippen LogP contribution in [0.1, 0.15) is 28.4 Å². The second-order valence-corrected chi connectivity index (χ2v) is 7.27. The zero-order valence-electron chi connectivity index (χ0n) is 16.5. The Labute approximate surface area is 176 Å². The van der Waals surface area contributed by atoms with Gasteiger partial charge in [-0.1, -0.05) is 54.1 Å². The summed E-state index contributed by atoms with van der Waals surface area (Å²) in [4.78, 5) is 12.6. The van der Waals surface area contributed by atoms with Crippen LogP contribution in [0.4, 0.5) is 0 Å². The summed E-state index contributed by atoms with van der Waals surface area (Å²) >= 11 is 6.16. The molecule has 150 valence electrons. The van der Waals surface area contributed by atoms with Crippen LogP contribution in [-0.2, 0) is 6.61 Å². The highest BCUT2D eigenvalue weighted by Crippen LogP contribution is 2.20. The van der Waals surface area contributed by atoms with Gasteiger partial charge >= 0.3 is 0 Å². The minimum absolute atomic E-state index is 0.144. The average Bonchev–Trinajstić information content (AvgIpc) is 2.73. The number of halogens is 1. The lowest BCUT2D eigenvalue weighted by molar-refractivity contribution is 0.0926. The smallest absolute Gasteiger partial charge is 0.251 e. The van der Waals surface area contributed by atoms with Crippen molar-refractivity contribution in [2.75, 3.05) is 6.61 Å². The maximum atomic E-state index is 12.6. The molecule has 0 aromatic heterocycles. The molecule has 0 spiro atoms. The molecule has 4 nitrogen and oxygen atoms in total. The summed E-state index contributed by atoms with van der Waals surface area (Å²) in [5, 5.41) is 3.61. The fourth-order valence-electron chi connectivity index (χ4n) is 2.79. The van der Waals surface area contributed by atoms with Gasteiger partial charge in [-0.05, 0) is 49.7 Å².